The summed E-state index contributed by atoms with van der Waals surface area (Å²) in [4.78, 5) is 28.4. The molecule has 10 nitrogen and oxygen atoms in total. The Morgan fingerprint density at radius 3 is 2.70 bits per heavy atom. The Hall–Kier alpha value is -4.02. The third kappa shape index (κ3) is 3.80. The van der Waals surface area contributed by atoms with Crippen molar-refractivity contribution in [3.05, 3.63) is 54.2 Å². The molecule has 0 saturated carbocycles. The number of benzene rings is 2. The summed E-state index contributed by atoms with van der Waals surface area (Å²) < 4.78 is 6.15. The van der Waals surface area contributed by atoms with E-state index in [1.807, 2.05) is 18.2 Å². The summed E-state index contributed by atoms with van der Waals surface area (Å²) in [6.07, 6.45) is 1.32. The van der Waals surface area contributed by atoms with Gasteiger partial charge in [0.15, 0.2) is 5.65 Å². The van der Waals surface area contributed by atoms with Crippen LogP contribution >= 0.6 is 0 Å². The molecule has 2 aromatic carbocycles. The van der Waals surface area contributed by atoms with E-state index in [0.29, 0.717) is 42.5 Å². The Balaban J connectivity index is 1.17. The van der Waals surface area contributed by atoms with Crippen molar-refractivity contribution >= 4 is 22.8 Å². The Morgan fingerprint density at radius 1 is 1.08 bits per heavy atom. The van der Waals surface area contributed by atoms with Crippen LogP contribution in [-0.2, 0) is 0 Å². The predicted molar refractivity (Wildman–Crippen MR) is 139 cm³/mol. The van der Waals surface area contributed by atoms with Crippen molar-refractivity contribution < 1.29 is 14.6 Å². The molecule has 0 radical (unpaired) electrons. The Labute approximate surface area is 213 Å². The van der Waals surface area contributed by atoms with E-state index >= 15 is 0 Å². The first-order valence-electron chi connectivity index (χ1n) is 12.5. The lowest BCUT2D eigenvalue weighted by molar-refractivity contribution is 0.00590. The molecule has 2 aromatic heterocycles. The van der Waals surface area contributed by atoms with E-state index in [-0.39, 0.29) is 5.91 Å². The number of aliphatic hydroxyl groups excluding tert-OH is 1. The molecular weight excluding hydrogens is 470 g/mol. The van der Waals surface area contributed by atoms with Gasteiger partial charge >= 0.3 is 0 Å². The molecule has 1 atom stereocenters. The Kier molecular flexibility index (Phi) is 5.12. The average Bonchev–Trinajstić information content (AvgIpc) is 3.34. The predicted octanol–water partition coefficient (Wildman–Crippen LogP) is 2.02. The van der Waals surface area contributed by atoms with Crippen molar-refractivity contribution in [3.63, 3.8) is 0 Å². The van der Waals surface area contributed by atoms with E-state index in [0.717, 1.165) is 53.6 Å². The number of likely N-dealkylation sites (tertiary alicyclic amines) is 1. The number of carbonyl (C=O) groups is 1. The molecule has 0 spiro atoms. The highest BCUT2D eigenvalue weighted by Crippen LogP contribution is 2.38. The van der Waals surface area contributed by atoms with E-state index in [9.17, 15) is 9.90 Å². The maximum atomic E-state index is 12.5. The van der Waals surface area contributed by atoms with Crippen LogP contribution in [0.25, 0.3) is 33.7 Å². The van der Waals surface area contributed by atoms with Crippen molar-refractivity contribution in [1.82, 2.24) is 30.0 Å². The topological polar surface area (TPSA) is 111 Å². The number of aromatic amines is 1. The zero-order valence-corrected chi connectivity index (χ0v) is 20.5. The fourth-order valence-corrected chi connectivity index (χ4v) is 5.40. The summed E-state index contributed by atoms with van der Waals surface area (Å²) in [7, 11) is 2.16. The second kappa shape index (κ2) is 8.53. The number of piperazine rings is 1. The monoisotopic (exact) mass is 497 g/mol. The normalized spacial score (nSPS) is 19.8. The Morgan fingerprint density at radius 2 is 1.89 bits per heavy atom. The molecule has 10 heteroatoms. The minimum absolute atomic E-state index is 0.0779. The lowest BCUT2D eigenvalue weighted by atomic mass is 10.0. The summed E-state index contributed by atoms with van der Waals surface area (Å²) in [6.45, 7) is 4.48. The molecule has 3 aliphatic heterocycles. The highest BCUT2D eigenvalue weighted by Gasteiger charge is 2.32. The van der Waals surface area contributed by atoms with Crippen LogP contribution in [0.2, 0.25) is 0 Å². The van der Waals surface area contributed by atoms with E-state index < -0.39 is 6.10 Å². The summed E-state index contributed by atoms with van der Waals surface area (Å²) in [5.41, 5.74) is 6.21. The van der Waals surface area contributed by atoms with Crippen LogP contribution in [0.5, 0.6) is 5.75 Å². The van der Waals surface area contributed by atoms with Crippen LogP contribution < -0.4 is 9.64 Å². The number of aliphatic hydroxyl groups is 1. The molecule has 188 valence electrons. The lowest BCUT2D eigenvalue weighted by Gasteiger charge is -2.44. The first-order valence-corrected chi connectivity index (χ1v) is 12.5. The van der Waals surface area contributed by atoms with Crippen molar-refractivity contribution in [2.24, 2.45) is 0 Å². The van der Waals surface area contributed by atoms with Crippen LogP contribution in [0, 0.1) is 0 Å². The van der Waals surface area contributed by atoms with Gasteiger partial charge in [0.2, 0.25) is 0 Å². The number of rotatable bonds is 3. The van der Waals surface area contributed by atoms with Gasteiger partial charge in [0, 0.05) is 49.4 Å². The van der Waals surface area contributed by atoms with Crippen molar-refractivity contribution in [3.8, 4) is 28.3 Å². The maximum absolute atomic E-state index is 12.5. The quantitative estimate of drug-likeness (QED) is 0.442. The molecule has 37 heavy (non-hydrogen) atoms. The zero-order valence-electron chi connectivity index (χ0n) is 20.5. The van der Waals surface area contributed by atoms with Gasteiger partial charge in [0.25, 0.3) is 5.91 Å². The highest BCUT2D eigenvalue weighted by atomic mass is 16.5. The molecule has 1 amide bonds. The summed E-state index contributed by atoms with van der Waals surface area (Å²) in [5.74, 6) is 0.800. The Bertz CT molecular complexity index is 1500. The molecule has 2 N–H and O–H groups in total. The van der Waals surface area contributed by atoms with E-state index in [1.165, 1.54) is 0 Å². The number of nitrogens with one attached hydrogen (secondary N) is 1. The van der Waals surface area contributed by atoms with Crippen molar-refractivity contribution in [2.75, 3.05) is 51.3 Å². The minimum atomic E-state index is -0.419. The van der Waals surface area contributed by atoms with Gasteiger partial charge in [0.1, 0.15) is 17.9 Å². The number of anilines is 1. The van der Waals surface area contributed by atoms with Crippen LogP contribution in [0.1, 0.15) is 10.4 Å². The van der Waals surface area contributed by atoms with Gasteiger partial charge in [-0.05, 0) is 31.3 Å². The fourth-order valence-electron chi connectivity index (χ4n) is 5.40. The van der Waals surface area contributed by atoms with E-state index in [1.54, 1.807) is 23.2 Å². The number of ether oxygens (including phenoxy) is 1. The van der Waals surface area contributed by atoms with Gasteiger partial charge in [-0.3, -0.25) is 9.89 Å². The van der Waals surface area contributed by atoms with Gasteiger partial charge in [0.05, 0.1) is 35.4 Å². The molecule has 0 bridgehead atoms. The largest absolute Gasteiger partial charge is 0.489 e. The average molecular weight is 498 g/mol. The van der Waals surface area contributed by atoms with Crippen LogP contribution in [0.4, 0.5) is 5.69 Å². The van der Waals surface area contributed by atoms with Gasteiger partial charge in [-0.25, -0.2) is 9.97 Å². The van der Waals surface area contributed by atoms with Gasteiger partial charge in [-0.2, -0.15) is 5.10 Å². The molecule has 5 heterocycles. The van der Waals surface area contributed by atoms with Crippen LogP contribution in [0.3, 0.4) is 0 Å². The number of H-pyrrole nitrogens is 1. The second-order valence-electron chi connectivity index (χ2n) is 10.1. The lowest BCUT2D eigenvalue weighted by Crippen LogP contribution is -2.56. The second-order valence-corrected chi connectivity index (χ2v) is 10.1. The molecule has 0 aliphatic carbocycles. The summed E-state index contributed by atoms with van der Waals surface area (Å²) in [6, 6.07) is 14.0. The van der Waals surface area contributed by atoms with Crippen molar-refractivity contribution in [1.29, 1.82) is 0 Å². The summed E-state index contributed by atoms with van der Waals surface area (Å²) in [5, 5.41) is 16.9. The first kappa shape index (κ1) is 22.2. The smallest absolute Gasteiger partial charge is 0.254 e. The van der Waals surface area contributed by atoms with Crippen LogP contribution in [-0.4, -0.2) is 99.5 Å². The highest BCUT2D eigenvalue weighted by molar-refractivity contribution is 5.96. The van der Waals surface area contributed by atoms with Crippen molar-refractivity contribution in [2.45, 2.75) is 12.1 Å². The molecule has 3 aliphatic rings. The SMILES string of the molecule is CN1CCN2c3ccc(-c4cnc5n[nH]c(-c6ccc(C(=O)N7CC(O)C7)cc6)c5n4)cc3OCC2C1. The number of amides is 1. The van der Waals surface area contributed by atoms with Gasteiger partial charge < -0.3 is 24.5 Å². The first-order chi connectivity index (χ1) is 18.0. The molecule has 2 fully saturated rings. The number of hydrogen-bond donors (Lipinski definition) is 2. The third-order valence-corrected chi connectivity index (χ3v) is 7.52. The third-order valence-electron chi connectivity index (χ3n) is 7.52. The number of fused-ring (bicyclic) bond motifs is 4. The molecule has 2 saturated heterocycles. The fraction of sp³-hybridized carbons (Fsp3) is 0.333. The standard InChI is InChI=1S/C27H27N7O3/c1-32-8-9-34-19(12-32)15-37-23-10-18(6-7-22(23)34)21-11-28-26-25(29-21)24(30-31-26)16-2-4-17(5-3-16)27(36)33-13-20(35)14-33/h2-7,10-11,19-20,35H,8-9,12-15H2,1H3,(H,28,30,31). The number of β-amino-alcohol motifs (C(OH)–C–C–N with tert-alkyl or cyclic N) is 1. The molecule has 4 aromatic rings. The zero-order chi connectivity index (χ0) is 25.1. The number of likely N-dealkylation sites (N-methyl/N-ethyl adjacent to an activating group) is 1. The van der Waals surface area contributed by atoms with Gasteiger partial charge in [-0.1, -0.05) is 18.2 Å². The maximum Gasteiger partial charge on any atom is 0.254 e. The van der Waals surface area contributed by atoms with Crippen LogP contribution in [0.15, 0.2) is 48.7 Å². The number of carbonyl (C=O) groups excluding carboxylic acids is 1. The summed E-state index contributed by atoms with van der Waals surface area (Å²) >= 11 is 0. The van der Waals surface area contributed by atoms with E-state index in [4.69, 9.17) is 9.72 Å². The molecular formula is C27H27N7O3. The molecule has 7 rings (SSSR count). The molecule has 1 unspecified atom stereocenters. The van der Waals surface area contributed by atoms with E-state index in [2.05, 4.69) is 44.2 Å². The van der Waals surface area contributed by atoms with Gasteiger partial charge in [-0.15, -0.1) is 0 Å². The number of hydrogen-bond acceptors (Lipinski definition) is 8. The minimum Gasteiger partial charge on any atom is -0.489 e. The number of nitrogens with zero attached hydrogens (tertiary/aromatic N) is 6. The number of aromatic nitrogens is 4.